The van der Waals surface area contributed by atoms with Crippen LogP contribution in [0.4, 0.5) is 0 Å². The van der Waals surface area contributed by atoms with Crippen molar-refractivity contribution in [3.8, 4) is 11.1 Å². The first-order valence-corrected chi connectivity index (χ1v) is 13.5. The van der Waals surface area contributed by atoms with Crippen molar-refractivity contribution in [1.82, 2.24) is 14.6 Å². The fraction of sp³-hybridized carbons (Fsp3) is 0.280. The van der Waals surface area contributed by atoms with Gasteiger partial charge in [0, 0.05) is 19.3 Å². The summed E-state index contributed by atoms with van der Waals surface area (Å²) in [6, 6.07) is 21.3. The lowest BCUT2D eigenvalue weighted by atomic mass is 10.0. The Kier molecular flexibility index (Phi) is 7.99. The number of aromatic nitrogens is 1. The Morgan fingerprint density at radius 2 is 1.71 bits per heavy atom. The van der Waals surface area contributed by atoms with Gasteiger partial charge in [-0.15, -0.1) is 0 Å². The molecule has 1 amide bonds. The highest BCUT2D eigenvalue weighted by molar-refractivity contribution is 7.99. The number of hydrogen-bond donors (Lipinski definition) is 1. The van der Waals surface area contributed by atoms with Crippen LogP contribution in [0.5, 0.6) is 0 Å². The number of thioether (sulfide) groups is 1. The van der Waals surface area contributed by atoms with E-state index in [1.807, 2.05) is 37.3 Å². The minimum Gasteiger partial charge on any atom is -0.379 e. The van der Waals surface area contributed by atoms with E-state index in [-0.39, 0.29) is 22.6 Å². The predicted molar refractivity (Wildman–Crippen MR) is 133 cm³/mol. The van der Waals surface area contributed by atoms with Gasteiger partial charge in [-0.2, -0.15) is 4.31 Å². The Balaban J connectivity index is 1.29. The van der Waals surface area contributed by atoms with E-state index < -0.39 is 10.0 Å². The van der Waals surface area contributed by atoms with E-state index >= 15 is 0 Å². The van der Waals surface area contributed by atoms with Gasteiger partial charge in [0.25, 0.3) is 0 Å². The van der Waals surface area contributed by atoms with Crippen LogP contribution in [0, 0.1) is 0 Å². The molecule has 2 heterocycles. The van der Waals surface area contributed by atoms with E-state index in [9.17, 15) is 13.2 Å². The molecule has 1 N–H and O–H groups in total. The Morgan fingerprint density at radius 1 is 1.03 bits per heavy atom. The van der Waals surface area contributed by atoms with Crippen molar-refractivity contribution in [3.05, 3.63) is 78.5 Å². The number of ether oxygens (including phenoxy) is 1. The third-order valence-electron chi connectivity index (χ3n) is 5.56. The monoisotopic (exact) mass is 497 g/mol. The average molecular weight is 498 g/mol. The number of morpholine rings is 1. The molecule has 1 atom stereocenters. The number of hydrogen-bond acceptors (Lipinski definition) is 6. The van der Waals surface area contributed by atoms with Crippen LogP contribution in [-0.2, 0) is 19.6 Å². The molecule has 1 unspecified atom stereocenters. The van der Waals surface area contributed by atoms with E-state index in [0.717, 1.165) is 16.7 Å². The highest BCUT2D eigenvalue weighted by Crippen LogP contribution is 2.23. The first kappa shape index (κ1) is 24.4. The van der Waals surface area contributed by atoms with Gasteiger partial charge < -0.3 is 10.1 Å². The molecule has 1 aliphatic heterocycles. The van der Waals surface area contributed by atoms with Crippen molar-refractivity contribution >= 4 is 27.7 Å². The maximum absolute atomic E-state index is 12.7. The molecule has 34 heavy (non-hydrogen) atoms. The number of rotatable bonds is 8. The van der Waals surface area contributed by atoms with Crippen LogP contribution in [0.25, 0.3) is 11.1 Å². The summed E-state index contributed by atoms with van der Waals surface area (Å²) < 4.78 is 32.0. The third-order valence-corrected chi connectivity index (χ3v) is 8.39. The summed E-state index contributed by atoms with van der Waals surface area (Å²) in [4.78, 5) is 16.8. The second kappa shape index (κ2) is 11.1. The first-order valence-electron chi connectivity index (χ1n) is 11.0. The van der Waals surface area contributed by atoms with Gasteiger partial charge >= 0.3 is 0 Å². The molecule has 178 valence electrons. The number of carbonyl (C=O) groups is 1. The highest BCUT2D eigenvalue weighted by atomic mass is 32.2. The van der Waals surface area contributed by atoms with Gasteiger partial charge in [0.15, 0.2) is 0 Å². The van der Waals surface area contributed by atoms with Gasteiger partial charge in [0.1, 0.15) is 4.90 Å². The number of nitrogens with zero attached hydrogens (tertiary/aromatic N) is 2. The molecule has 0 saturated carbocycles. The van der Waals surface area contributed by atoms with E-state index in [2.05, 4.69) is 34.6 Å². The SMILES string of the molecule is CC(NC(=O)CSc1ccc(S(=O)(=O)N2CCOCC2)cn1)c1ccc(-c2ccccc2)cc1. The second-order valence-corrected chi connectivity index (χ2v) is 10.8. The smallest absolute Gasteiger partial charge is 0.244 e. The average Bonchev–Trinajstić information content (AvgIpc) is 2.89. The molecule has 1 saturated heterocycles. The minimum atomic E-state index is -3.58. The maximum Gasteiger partial charge on any atom is 0.244 e. The second-order valence-electron chi connectivity index (χ2n) is 7.91. The first-order chi connectivity index (χ1) is 16.4. The van der Waals surface area contributed by atoms with Crippen molar-refractivity contribution in [3.63, 3.8) is 0 Å². The van der Waals surface area contributed by atoms with E-state index in [1.165, 1.54) is 28.3 Å². The lowest BCUT2D eigenvalue weighted by molar-refractivity contribution is -0.119. The Hall–Kier alpha value is -2.72. The topological polar surface area (TPSA) is 88.6 Å². The molecule has 0 bridgehead atoms. The molecular weight excluding hydrogens is 470 g/mol. The summed E-state index contributed by atoms with van der Waals surface area (Å²) in [5.74, 6) is 0.0751. The summed E-state index contributed by atoms with van der Waals surface area (Å²) in [6.45, 7) is 3.42. The van der Waals surface area contributed by atoms with Crippen LogP contribution in [0.3, 0.4) is 0 Å². The molecular formula is C25H27N3O4S2. The van der Waals surface area contributed by atoms with E-state index in [1.54, 1.807) is 6.07 Å². The molecule has 1 fully saturated rings. The molecule has 2 aromatic carbocycles. The zero-order chi connectivity index (χ0) is 24.0. The largest absolute Gasteiger partial charge is 0.379 e. The van der Waals surface area contributed by atoms with Gasteiger partial charge in [-0.3, -0.25) is 4.79 Å². The van der Waals surface area contributed by atoms with E-state index in [0.29, 0.717) is 31.3 Å². The minimum absolute atomic E-state index is 0.114. The van der Waals surface area contributed by atoms with Crippen LogP contribution in [0.2, 0.25) is 0 Å². The summed E-state index contributed by atoms with van der Waals surface area (Å²) in [6.07, 6.45) is 1.35. The molecule has 1 aromatic heterocycles. The molecule has 1 aliphatic rings. The van der Waals surface area contributed by atoms with Crippen LogP contribution < -0.4 is 5.32 Å². The Bertz CT molecular complexity index is 1200. The zero-order valence-electron chi connectivity index (χ0n) is 18.9. The Labute approximate surface area is 204 Å². The fourth-order valence-electron chi connectivity index (χ4n) is 3.64. The van der Waals surface area contributed by atoms with Gasteiger partial charge in [-0.1, -0.05) is 66.4 Å². The van der Waals surface area contributed by atoms with Gasteiger partial charge in [-0.25, -0.2) is 13.4 Å². The van der Waals surface area contributed by atoms with Crippen molar-refractivity contribution < 1.29 is 17.9 Å². The van der Waals surface area contributed by atoms with Crippen molar-refractivity contribution in [2.45, 2.75) is 22.9 Å². The van der Waals surface area contributed by atoms with Crippen LogP contribution in [0.15, 0.2) is 82.8 Å². The van der Waals surface area contributed by atoms with Gasteiger partial charge in [0.05, 0.1) is 30.0 Å². The summed E-state index contributed by atoms with van der Waals surface area (Å²) >= 11 is 1.27. The van der Waals surface area contributed by atoms with Crippen molar-refractivity contribution in [2.75, 3.05) is 32.1 Å². The molecule has 9 heteroatoms. The van der Waals surface area contributed by atoms with Gasteiger partial charge in [-0.05, 0) is 35.7 Å². The normalized spacial score (nSPS) is 15.6. The third kappa shape index (κ3) is 6.04. The number of sulfonamides is 1. The predicted octanol–water partition coefficient (Wildman–Crippen LogP) is 3.74. The Morgan fingerprint density at radius 3 is 2.35 bits per heavy atom. The van der Waals surface area contributed by atoms with Crippen LogP contribution >= 0.6 is 11.8 Å². The van der Waals surface area contributed by atoms with E-state index in [4.69, 9.17) is 4.74 Å². The van der Waals surface area contributed by atoms with Crippen LogP contribution in [-0.4, -0.2) is 55.7 Å². The lowest BCUT2D eigenvalue weighted by Crippen LogP contribution is -2.40. The lowest BCUT2D eigenvalue weighted by Gasteiger charge is -2.25. The zero-order valence-corrected chi connectivity index (χ0v) is 20.5. The standard InChI is InChI=1S/C25H27N3O4S2/c1-19(20-7-9-22(10-8-20)21-5-3-2-4-6-21)27-24(29)18-33-25-12-11-23(17-26-25)34(30,31)28-13-15-32-16-14-28/h2-12,17,19H,13-16,18H2,1H3,(H,27,29). The maximum atomic E-state index is 12.7. The number of amides is 1. The number of benzene rings is 2. The summed E-state index contributed by atoms with van der Waals surface area (Å²) in [5, 5.41) is 3.60. The highest BCUT2D eigenvalue weighted by Gasteiger charge is 2.26. The molecule has 0 spiro atoms. The molecule has 7 nitrogen and oxygen atoms in total. The van der Waals surface area contributed by atoms with Gasteiger partial charge in [0.2, 0.25) is 15.9 Å². The summed E-state index contributed by atoms with van der Waals surface area (Å²) in [5.41, 5.74) is 3.30. The fourth-order valence-corrected chi connectivity index (χ4v) is 5.65. The number of pyridine rings is 1. The molecule has 0 radical (unpaired) electrons. The van der Waals surface area contributed by atoms with Crippen molar-refractivity contribution in [2.24, 2.45) is 0 Å². The molecule has 3 aromatic rings. The summed E-state index contributed by atoms with van der Waals surface area (Å²) in [7, 11) is -3.58. The quantitative estimate of drug-likeness (QED) is 0.477. The number of nitrogens with one attached hydrogen (secondary N) is 1. The number of carbonyl (C=O) groups excluding carboxylic acids is 1. The molecule has 0 aliphatic carbocycles. The van der Waals surface area contributed by atoms with Crippen molar-refractivity contribution in [1.29, 1.82) is 0 Å². The molecule has 4 rings (SSSR count). The van der Waals surface area contributed by atoms with Crippen LogP contribution in [0.1, 0.15) is 18.5 Å².